The molecule has 0 saturated heterocycles. The highest BCUT2D eigenvalue weighted by Crippen LogP contribution is 2.42. The molecule has 36 heavy (non-hydrogen) atoms. The quantitative estimate of drug-likeness (QED) is 0.277. The lowest BCUT2D eigenvalue weighted by Crippen LogP contribution is -2.21. The molecule has 7 heteroatoms. The number of nitrogens with one attached hydrogen (secondary N) is 2. The largest absolute Gasteiger partial charge is 0.383 e. The summed E-state index contributed by atoms with van der Waals surface area (Å²) in [6, 6.07) is 23.5. The Bertz CT molecular complexity index is 1300. The van der Waals surface area contributed by atoms with E-state index in [1.165, 1.54) is 11.6 Å². The summed E-state index contributed by atoms with van der Waals surface area (Å²) in [7, 11) is 1.71. The molecule has 0 bridgehead atoms. The van der Waals surface area contributed by atoms with Crippen LogP contribution in [0.5, 0.6) is 0 Å². The van der Waals surface area contributed by atoms with Gasteiger partial charge in [0.2, 0.25) is 5.95 Å². The van der Waals surface area contributed by atoms with E-state index in [2.05, 4.69) is 52.0 Å². The molecule has 186 valence electrons. The number of hydrogen-bond donors (Lipinski definition) is 2. The third-order valence-corrected chi connectivity index (χ3v) is 6.44. The van der Waals surface area contributed by atoms with Gasteiger partial charge in [-0.1, -0.05) is 54.6 Å². The number of fused-ring (bicyclic) bond motifs is 3. The molecular weight excluding hydrogens is 475 g/mol. The summed E-state index contributed by atoms with van der Waals surface area (Å²) in [6.45, 7) is 2.49. The molecule has 3 aromatic carbocycles. The molecule has 5 rings (SSSR count). The second-order valence-electron chi connectivity index (χ2n) is 8.75. The maximum Gasteiger partial charge on any atom is 0.227 e. The molecule has 1 aromatic heterocycles. The minimum atomic E-state index is -0.177. The fourth-order valence-electron chi connectivity index (χ4n) is 4.65. The Morgan fingerprint density at radius 2 is 1.69 bits per heavy atom. The average Bonchev–Trinajstić information content (AvgIpc) is 2.89. The summed E-state index contributed by atoms with van der Waals surface area (Å²) in [5.74, 6) is 0.319. The SMILES string of the molecule is COCCNCCc1ccc(Nc2ncc3c(n2)-c2ccccc2[C@H](c2ccccc2F)C3)cc1.Cl. The highest BCUT2D eigenvalue weighted by molar-refractivity contribution is 5.85. The van der Waals surface area contributed by atoms with Gasteiger partial charge in [-0.05, 0) is 59.8 Å². The molecule has 0 aliphatic heterocycles. The van der Waals surface area contributed by atoms with Gasteiger partial charge in [0.1, 0.15) is 5.82 Å². The van der Waals surface area contributed by atoms with Crippen molar-refractivity contribution in [2.75, 3.05) is 32.1 Å². The Morgan fingerprint density at radius 3 is 2.47 bits per heavy atom. The van der Waals surface area contributed by atoms with Crippen LogP contribution in [0, 0.1) is 5.82 Å². The van der Waals surface area contributed by atoms with Crippen LogP contribution in [0.25, 0.3) is 11.3 Å². The number of aromatic nitrogens is 2. The molecule has 0 radical (unpaired) electrons. The first-order valence-electron chi connectivity index (χ1n) is 12.0. The molecule has 1 heterocycles. The van der Waals surface area contributed by atoms with Gasteiger partial charge >= 0.3 is 0 Å². The zero-order valence-electron chi connectivity index (χ0n) is 20.2. The molecule has 0 spiro atoms. The molecule has 4 aromatic rings. The number of methoxy groups -OCH3 is 1. The number of halogens is 2. The molecular formula is C29H30ClFN4O. The van der Waals surface area contributed by atoms with Crippen LogP contribution in [0.3, 0.4) is 0 Å². The van der Waals surface area contributed by atoms with E-state index in [1.807, 2.05) is 30.5 Å². The van der Waals surface area contributed by atoms with Gasteiger partial charge in [0.15, 0.2) is 0 Å². The van der Waals surface area contributed by atoms with Crippen molar-refractivity contribution in [3.63, 3.8) is 0 Å². The number of anilines is 2. The van der Waals surface area contributed by atoms with Crippen LogP contribution < -0.4 is 10.6 Å². The Labute approximate surface area is 217 Å². The van der Waals surface area contributed by atoms with E-state index in [4.69, 9.17) is 9.72 Å². The van der Waals surface area contributed by atoms with Crippen molar-refractivity contribution in [2.45, 2.75) is 18.8 Å². The maximum absolute atomic E-state index is 14.6. The predicted molar refractivity (Wildman–Crippen MR) is 145 cm³/mol. The van der Waals surface area contributed by atoms with E-state index >= 15 is 0 Å². The highest BCUT2D eigenvalue weighted by Gasteiger charge is 2.28. The van der Waals surface area contributed by atoms with Crippen LogP contribution in [-0.2, 0) is 17.6 Å². The molecule has 0 saturated carbocycles. The third-order valence-electron chi connectivity index (χ3n) is 6.44. The van der Waals surface area contributed by atoms with E-state index < -0.39 is 0 Å². The Kier molecular flexibility index (Phi) is 8.65. The van der Waals surface area contributed by atoms with E-state index in [0.717, 1.165) is 54.2 Å². The standard InChI is InChI=1S/C29H29FN4O.ClH/c1-35-17-16-31-15-14-20-10-12-22(13-11-20)33-29-32-19-21-18-26(24-7-4-5-9-27(24)30)23-6-2-3-8-25(23)28(21)34-29;/h2-13,19,26,31H,14-18H2,1H3,(H,32,33,34);1H/t26-;/m1./s1. The minimum Gasteiger partial charge on any atom is -0.383 e. The van der Waals surface area contributed by atoms with Crippen LogP contribution in [0.15, 0.2) is 79.0 Å². The van der Waals surface area contributed by atoms with Crippen molar-refractivity contribution in [3.05, 3.63) is 107 Å². The lowest BCUT2D eigenvalue weighted by molar-refractivity contribution is 0.199. The van der Waals surface area contributed by atoms with Crippen molar-refractivity contribution in [1.82, 2.24) is 15.3 Å². The van der Waals surface area contributed by atoms with Gasteiger partial charge in [0, 0.05) is 37.0 Å². The van der Waals surface area contributed by atoms with Gasteiger partial charge in [-0.2, -0.15) is 0 Å². The Morgan fingerprint density at radius 1 is 0.944 bits per heavy atom. The smallest absolute Gasteiger partial charge is 0.227 e. The first-order chi connectivity index (χ1) is 17.2. The Hall–Kier alpha value is -3.32. The number of rotatable bonds is 9. The van der Waals surface area contributed by atoms with E-state index in [1.54, 1.807) is 13.2 Å². The summed E-state index contributed by atoms with van der Waals surface area (Å²) < 4.78 is 19.7. The molecule has 5 nitrogen and oxygen atoms in total. The van der Waals surface area contributed by atoms with E-state index in [0.29, 0.717) is 17.9 Å². The molecule has 0 fully saturated rings. The maximum atomic E-state index is 14.6. The first-order valence-corrected chi connectivity index (χ1v) is 12.0. The van der Waals surface area contributed by atoms with E-state index in [9.17, 15) is 4.39 Å². The highest BCUT2D eigenvalue weighted by atomic mass is 35.5. The number of ether oxygens (including phenoxy) is 1. The van der Waals surface area contributed by atoms with E-state index in [-0.39, 0.29) is 24.1 Å². The number of nitrogens with zero attached hydrogens (tertiary/aromatic N) is 2. The lowest BCUT2D eigenvalue weighted by Gasteiger charge is -2.27. The van der Waals surface area contributed by atoms with Crippen molar-refractivity contribution in [1.29, 1.82) is 0 Å². The van der Waals surface area contributed by atoms with Gasteiger partial charge < -0.3 is 15.4 Å². The Balaban J connectivity index is 0.00000304. The topological polar surface area (TPSA) is 59.1 Å². The predicted octanol–water partition coefficient (Wildman–Crippen LogP) is 5.91. The molecule has 0 amide bonds. The minimum absolute atomic E-state index is 0. The summed E-state index contributed by atoms with van der Waals surface area (Å²) in [4.78, 5) is 9.44. The van der Waals surface area contributed by atoms with Gasteiger partial charge in [-0.25, -0.2) is 14.4 Å². The van der Waals surface area contributed by atoms with Crippen molar-refractivity contribution >= 4 is 24.0 Å². The molecule has 2 N–H and O–H groups in total. The van der Waals surface area contributed by atoms with Gasteiger partial charge in [-0.15, -0.1) is 12.4 Å². The van der Waals surface area contributed by atoms with Crippen LogP contribution in [-0.4, -0.2) is 36.8 Å². The van der Waals surface area contributed by atoms with Gasteiger partial charge in [0.25, 0.3) is 0 Å². The van der Waals surface area contributed by atoms with Crippen LogP contribution >= 0.6 is 12.4 Å². The summed E-state index contributed by atoms with van der Waals surface area (Å²) in [5.41, 5.74) is 6.97. The second-order valence-corrected chi connectivity index (χ2v) is 8.75. The molecule has 1 atom stereocenters. The normalized spacial score (nSPS) is 13.9. The molecule has 1 aliphatic rings. The van der Waals surface area contributed by atoms with Gasteiger partial charge in [0.05, 0.1) is 12.3 Å². The third kappa shape index (κ3) is 5.73. The van der Waals surface area contributed by atoms with Crippen LogP contribution in [0.1, 0.15) is 28.2 Å². The summed E-state index contributed by atoms with van der Waals surface area (Å²) in [5, 5.41) is 6.70. The van der Waals surface area contributed by atoms with Crippen molar-refractivity contribution in [2.24, 2.45) is 0 Å². The number of benzene rings is 3. The summed E-state index contributed by atoms with van der Waals surface area (Å²) in [6.07, 6.45) is 3.49. The summed E-state index contributed by atoms with van der Waals surface area (Å²) >= 11 is 0. The van der Waals surface area contributed by atoms with Crippen LogP contribution in [0.4, 0.5) is 16.0 Å². The number of hydrogen-bond acceptors (Lipinski definition) is 5. The van der Waals surface area contributed by atoms with Gasteiger partial charge in [-0.3, -0.25) is 0 Å². The lowest BCUT2D eigenvalue weighted by atomic mass is 9.78. The zero-order chi connectivity index (χ0) is 24.0. The fourth-order valence-corrected chi connectivity index (χ4v) is 4.65. The fraction of sp³-hybridized carbons (Fsp3) is 0.241. The van der Waals surface area contributed by atoms with Crippen molar-refractivity contribution in [3.8, 4) is 11.3 Å². The second kappa shape index (κ2) is 12.1. The molecule has 1 aliphatic carbocycles. The van der Waals surface area contributed by atoms with Crippen molar-refractivity contribution < 1.29 is 9.13 Å². The van der Waals surface area contributed by atoms with Crippen LogP contribution in [0.2, 0.25) is 0 Å². The monoisotopic (exact) mass is 504 g/mol. The molecule has 0 unspecified atom stereocenters. The zero-order valence-corrected chi connectivity index (χ0v) is 21.0. The first kappa shape index (κ1) is 25.8. The average molecular weight is 505 g/mol.